The second-order valence-electron chi connectivity index (χ2n) is 3.77. The lowest BCUT2D eigenvalue weighted by atomic mass is 9.98. The predicted octanol–water partition coefficient (Wildman–Crippen LogP) is 2.43. The molecule has 0 radical (unpaired) electrons. The minimum absolute atomic E-state index is 0.562. The van der Waals surface area contributed by atoms with Crippen LogP contribution in [0.4, 0.5) is 0 Å². The lowest BCUT2D eigenvalue weighted by molar-refractivity contribution is 0.0256. The quantitative estimate of drug-likeness (QED) is 0.598. The molecule has 0 aromatic heterocycles. The summed E-state index contributed by atoms with van der Waals surface area (Å²) in [5, 5.41) is 0. The lowest BCUT2D eigenvalue weighted by Crippen LogP contribution is -2.21. The van der Waals surface area contributed by atoms with E-state index >= 15 is 0 Å². The summed E-state index contributed by atoms with van der Waals surface area (Å²) in [5.74, 6) is 2.51. The van der Waals surface area contributed by atoms with Gasteiger partial charge in [-0.2, -0.15) is 0 Å². The van der Waals surface area contributed by atoms with Gasteiger partial charge in [0.05, 0.1) is 12.7 Å². The van der Waals surface area contributed by atoms with Crippen molar-refractivity contribution in [2.75, 3.05) is 12.5 Å². The third-order valence-electron chi connectivity index (χ3n) is 3.08. The zero-order valence-corrected chi connectivity index (χ0v) is 7.52. The minimum atomic E-state index is 0.562. The third-order valence-corrected chi connectivity index (χ3v) is 3.24. The van der Waals surface area contributed by atoms with Gasteiger partial charge in [-0.25, -0.2) is 0 Å². The largest absolute Gasteiger partial charge is 0.377 e. The first-order valence-electron chi connectivity index (χ1n) is 4.57. The van der Waals surface area contributed by atoms with Gasteiger partial charge in [-0.05, 0) is 37.5 Å². The van der Waals surface area contributed by atoms with Crippen LogP contribution in [0.5, 0.6) is 0 Å². The van der Waals surface area contributed by atoms with Gasteiger partial charge < -0.3 is 4.74 Å². The maximum atomic E-state index is 5.65. The molecule has 2 aliphatic carbocycles. The van der Waals surface area contributed by atoms with E-state index in [1.807, 2.05) is 0 Å². The molecule has 64 valence electrons. The molecule has 2 rings (SSSR count). The molecule has 0 heterocycles. The van der Waals surface area contributed by atoms with Crippen LogP contribution in [-0.2, 0) is 4.74 Å². The molecule has 2 saturated carbocycles. The standard InChI is InChI=1S/C9H15ClO/c10-3-4-11-9-6-7-1-2-8(9)5-7/h7-9H,1-6H2/t7-,8+,9+/m1/s1. The first kappa shape index (κ1) is 7.88. The van der Waals surface area contributed by atoms with Crippen LogP contribution in [0, 0.1) is 11.8 Å². The fraction of sp³-hybridized carbons (Fsp3) is 1.00. The van der Waals surface area contributed by atoms with Gasteiger partial charge in [0.25, 0.3) is 0 Å². The summed E-state index contributed by atoms with van der Waals surface area (Å²) in [6, 6.07) is 0. The van der Waals surface area contributed by atoms with E-state index in [0.29, 0.717) is 12.0 Å². The molecule has 0 amide bonds. The molecule has 2 heteroatoms. The van der Waals surface area contributed by atoms with Crippen molar-refractivity contribution in [2.45, 2.75) is 31.8 Å². The normalized spacial score (nSPS) is 41.7. The van der Waals surface area contributed by atoms with Crippen molar-refractivity contribution < 1.29 is 4.74 Å². The fourth-order valence-corrected chi connectivity index (χ4v) is 2.68. The van der Waals surface area contributed by atoms with E-state index in [1.54, 1.807) is 0 Å². The predicted molar refractivity (Wildman–Crippen MR) is 45.9 cm³/mol. The van der Waals surface area contributed by atoms with E-state index in [1.165, 1.54) is 25.7 Å². The van der Waals surface area contributed by atoms with E-state index < -0.39 is 0 Å². The Morgan fingerprint density at radius 3 is 2.73 bits per heavy atom. The Bertz CT molecular complexity index is 138. The zero-order valence-electron chi connectivity index (χ0n) is 6.76. The Labute approximate surface area is 73.1 Å². The maximum absolute atomic E-state index is 5.65. The lowest BCUT2D eigenvalue weighted by Gasteiger charge is -2.21. The Morgan fingerprint density at radius 1 is 1.27 bits per heavy atom. The average Bonchev–Trinajstić information content (AvgIpc) is 2.60. The van der Waals surface area contributed by atoms with Gasteiger partial charge in [0.15, 0.2) is 0 Å². The highest BCUT2D eigenvalue weighted by Crippen LogP contribution is 2.45. The van der Waals surface area contributed by atoms with Gasteiger partial charge >= 0.3 is 0 Å². The van der Waals surface area contributed by atoms with Gasteiger partial charge in [0.2, 0.25) is 0 Å². The highest BCUT2D eigenvalue weighted by Gasteiger charge is 2.39. The minimum Gasteiger partial charge on any atom is -0.377 e. The zero-order chi connectivity index (χ0) is 7.68. The monoisotopic (exact) mass is 174 g/mol. The highest BCUT2D eigenvalue weighted by atomic mass is 35.5. The number of halogens is 1. The summed E-state index contributed by atoms with van der Waals surface area (Å²) >= 11 is 5.56. The summed E-state index contributed by atoms with van der Waals surface area (Å²) < 4.78 is 5.65. The maximum Gasteiger partial charge on any atom is 0.0606 e. The highest BCUT2D eigenvalue weighted by molar-refractivity contribution is 6.17. The van der Waals surface area contributed by atoms with Crippen LogP contribution < -0.4 is 0 Å². The molecule has 2 aliphatic rings. The Hall–Kier alpha value is 0.250. The molecular weight excluding hydrogens is 160 g/mol. The number of hydrogen-bond donors (Lipinski definition) is 0. The summed E-state index contributed by atoms with van der Waals surface area (Å²) in [7, 11) is 0. The number of alkyl halides is 1. The van der Waals surface area contributed by atoms with Crippen molar-refractivity contribution in [3.05, 3.63) is 0 Å². The van der Waals surface area contributed by atoms with Crippen LogP contribution in [-0.4, -0.2) is 18.6 Å². The Kier molecular flexibility index (Phi) is 2.38. The van der Waals surface area contributed by atoms with Crippen LogP contribution in [0.3, 0.4) is 0 Å². The number of hydrogen-bond acceptors (Lipinski definition) is 1. The summed E-state index contributed by atoms with van der Waals surface area (Å²) in [5.41, 5.74) is 0. The van der Waals surface area contributed by atoms with Crippen LogP contribution in [0.1, 0.15) is 25.7 Å². The SMILES string of the molecule is ClCCO[C@H]1C[C@@H]2CC[C@H]1C2. The van der Waals surface area contributed by atoms with Crippen LogP contribution in [0.2, 0.25) is 0 Å². The molecule has 0 aliphatic heterocycles. The molecule has 0 N–H and O–H groups in total. The molecular formula is C9H15ClO. The van der Waals surface area contributed by atoms with Crippen LogP contribution in [0.15, 0.2) is 0 Å². The van der Waals surface area contributed by atoms with E-state index in [-0.39, 0.29) is 0 Å². The first-order chi connectivity index (χ1) is 5.40. The molecule has 2 fully saturated rings. The van der Waals surface area contributed by atoms with Crippen molar-refractivity contribution in [2.24, 2.45) is 11.8 Å². The average molecular weight is 175 g/mol. The summed E-state index contributed by atoms with van der Waals surface area (Å²) in [4.78, 5) is 0. The molecule has 3 atom stereocenters. The van der Waals surface area contributed by atoms with E-state index in [2.05, 4.69) is 0 Å². The molecule has 1 nitrogen and oxygen atoms in total. The van der Waals surface area contributed by atoms with Gasteiger partial charge in [0, 0.05) is 5.88 Å². The van der Waals surface area contributed by atoms with E-state index in [0.717, 1.165) is 18.4 Å². The van der Waals surface area contributed by atoms with Crippen molar-refractivity contribution in [3.63, 3.8) is 0 Å². The molecule has 0 aromatic carbocycles. The van der Waals surface area contributed by atoms with Gasteiger partial charge in [-0.3, -0.25) is 0 Å². The van der Waals surface area contributed by atoms with Crippen LogP contribution >= 0.6 is 11.6 Å². The molecule has 0 saturated heterocycles. The second-order valence-corrected chi connectivity index (χ2v) is 4.15. The number of fused-ring (bicyclic) bond motifs is 2. The summed E-state index contributed by atoms with van der Waals surface area (Å²) in [6.07, 6.45) is 6.14. The Morgan fingerprint density at radius 2 is 2.18 bits per heavy atom. The van der Waals surface area contributed by atoms with Crippen molar-refractivity contribution in [1.29, 1.82) is 0 Å². The number of rotatable bonds is 3. The molecule has 0 aromatic rings. The topological polar surface area (TPSA) is 9.23 Å². The fourth-order valence-electron chi connectivity index (χ4n) is 2.59. The molecule has 0 spiro atoms. The molecule has 11 heavy (non-hydrogen) atoms. The molecule has 0 unspecified atom stereocenters. The smallest absolute Gasteiger partial charge is 0.0606 e. The van der Waals surface area contributed by atoms with Crippen LogP contribution in [0.25, 0.3) is 0 Å². The number of ether oxygens (including phenoxy) is 1. The van der Waals surface area contributed by atoms with Crippen molar-refractivity contribution in [1.82, 2.24) is 0 Å². The van der Waals surface area contributed by atoms with Gasteiger partial charge in [-0.15, -0.1) is 11.6 Å². The van der Waals surface area contributed by atoms with Gasteiger partial charge in [0.1, 0.15) is 0 Å². The Balaban J connectivity index is 1.78. The van der Waals surface area contributed by atoms with Crippen molar-refractivity contribution >= 4 is 11.6 Å². The summed E-state index contributed by atoms with van der Waals surface area (Å²) in [6.45, 7) is 0.745. The second kappa shape index (κ2) is 3.32. The van der Waals surface area contributed by atoms with Crippen molar-refractivity contribution in [3.8, 4) is 0 Å². The third kappa shape index (κ3) is 1.54. The van der Waals surface area contributed by atoms with E-state index in [4.69, 9.17) is 16.3 Å². The first-order valence-corrected chi connectivity index (χ1v) is 5.11. The van der Waals surface area contributed by atoms with E-state index in [9.17, 15) is 0 Å². The molecule has 2 bridgehead atoms. The van der Waals surface area contributed by atoms with Gasteiger partial charge in [-0.1, -0.05) is 0 Å².